The normalized spacial score (nSPS) is 22.4. The first-order chi connectivity index (χ1) is 6.14. The second-order valence-electron chi connectivity index (χ2n) is 3.69. The molecule has 0 radical (unpaired) electrons. The first-order valence-corrected chi connectivity index (χ1v) is 4.89. The molecule has 1 heterocycles. The Morgan fingerprint density at radius 2 is 2.15 bits per heavy atom. The second-order valence-corrected chi connectivity index (χ2v) is 3.69. The summed E-state index contributed by atoms with van der Waals surface area (Å²) in [5.41, 5.74) is 0. The van der Waals surface area contributed by atoms with Crippen molar-refractivity contribution >= 4 is 0 Å². The van der Waals surface area contributed by atoms with Gasteiger partial charge in [-0.3, -0.25) is 4.90 Å². The molecule has 1 aliphatic rings. The topological polar surface area (TPSA) is 15.3 Å². The van der Waals surface area contributed by atoms with Gasteiger partial charge in [0.05, 0.1) is 6.54 Å². The lowest BCUT2D eigenvalue weighted by Crippen LogP contribution is -2.26. The second kappa shape index (κ2) is 4.86. The van der Waals surface area contributed by atoms with Crippen molar-refractivity contribution in [1.29, 1.82) is 0 Å². The van der Waals surface area contributed by atoms with Gasteiger partial charge in [0.15, 0.2) is 0 Å². The third-order valence-electron chi connectivity index (χ3n) is 2.40. The Hall–Kier alpha value is -0.220. The van der Waals surface area contributed by atoms with Gasteiger partial charge in [0.1, 0.15) is 0 Å². The van der Waals surface area contributed by atoms with Crippen LogP contribution in [0.2, 0.25) is 0 Å². The van der Waals surface area contributed by atoms with E-state index >= 15 is 0 Å². The summed E-state index contributed by atoms with van der Waals surface area (Å²) in [6.07, 6.45) is 2.12. The predicted octanol–water partition coefficient (Wildman–Crippen LogP) is 1.33. The van der Waals surface area contributed by atoms with Crippen LogP contribution < -0.4 is 5.32 Å². The van der Waals surface area contributed by atoms with Gasteiger partial charge in [0, 0.05) is 13.0 Å². The van der Waals surface area contributed by atoms with E-state index < -0.39 is 5.92 Å². The summed E-state index contributed by atoms with van der Waals surface area (Å²) in [6, 6.07) is 0. The summed E-state index contributed by atoms with van der Waals surface area (Å²) < 4.78 is 25.4. The Balaban J connectivity index is 2.04. The molecule has 1 aliphatic heterocycles. The molecule has 0 unspecified atom stereocenters. The molecule has 0 spiro atoms. The van der Waals surface area contributed by atoms with E-state index in [0.717, 1.165) is 25.9 Å². The number of nitrogens with one attached hydrogen (secondary N) is 1. The van der Waals surface area contributed by atoms with Crippen LogP contribution in [0.1, 0.15) is 19.3 Å². The Bertz CT molecular complexity index is 151. The molecule has 0 saturated carbocycles. The highest BCUT2D eigenvalue weighted by Crippen LogP contribution is 2.26. The molecular formula is C9H18F2N2. The number of hydrogen-bond donors (Lipinski definition) is 1. The average Bonchev–Trinajstić information content (AvgIpc) is 2.40. The zero-order valence-electron chi connectivity index (χ0n) is 8.15. The maximum atomic E-state index is 12.7. The van der Waals surface area contributed by atoms with E-state index in [4.69, 9.17) is 0 Å². The van der Waals surface area contributed by atoms with Crippen LogP contribution in [0.4, 0.5) is 8.78 Å². The van der Waals surface area contributed by atoms with Crippen molar-refractivity contribution in [3.05, 3.63) is 0 Å². The molecule has 0 amide bonds. The lowest BCUT2D eigenvalue weighted by Gasteiger charge is -2.14. The van der Waals surface area contributed by atoms with Gasteiger partial charge in [-0.05, 0) is 33.0 Å². The lowest BCUT2D eigenvalue weighted by atomic mass is 10.3. The van der Waals surface area contributed by atoms with Gasteiger partial charge >= 0.3 is 0 Å². The van der Waals surface area contributed by atoms with Crippen molar-refractivity contribution in [1.82, 2.24) is 10.2 Å². The van der Waals surface area contributed by atoms with E-state index in [2.05, 4.69) is 5.32 Å². The molecule has 0 atom stereocenters. The Morgan fingerprint density at radius 1 is 1.38 bits per heavy atom. The smallest absolute Gasteiger partial charge is 0.261 e. The largest absolute Gasteiger partial charge is 0.320 e. The quantitative estimate of drug-likeness (QED) is 0.661. The number of nitrogens with zero attached hydrogens (tertiary/aromatic N) is 1. The molecule has 1 fully saturated rings. The molecule has 0 aliphatic carbocycles. The lowest BCUT2D eigenvalue weighted by molar-refractivity contribution is 0.0121. The molecule has 0 aromatic heterocycles. The van der Waals surface area contributed by atoms with Gasteiger partial charge < -0.3 is 5.32 Å². The van der Waals surface area contributed by atoms with Crippen molar-refractivity contribution in [2.45, 2.75) is 25.2 Å². The summed E-state index contributed by atoms with van der Waals surface area (Å²) in [6.45, 7) is 2.32. The van der Waals surface area contributed by atoms with E-state index in [1.54, 1.807) is 0 Å². The number of unbranched alkanes of at least 4 members (excludes halogenated alkanes) is 1. The fourth-order valence-corrected chi connectivity index (χ4v) is 1.63. The van der Waals surface area contributed by atoms with Crippen LogP contribution in [0.5, 0.6) is 0 Å². The van der Waals surface area contributed by atoms with E-state index in [1.165, 1.54) is 0 Å². The Labute approximate surface area is 78.3 Å². The summed E-state index contributed by atoms with van der Waals surface area (Å²) in [5.74, 6) is -2.43. The first-order valence-electron chi connectivity index (χ1n) is 4.89. The maximum Gasteiger partial charge on any atom is 0.261 e. The SMILES string of the molecule is CNCCCCN1CCC(F)(F)C1. The minimum Gasteiger partial charge on any atom is -0.320 e. The molecule has 1 N–H and O–H groups in total. The van der Waals surface area contributed by atoms with Crippen LogP contribution in [-0.2, 0) is 0 Å². The van der Waals surface area contributed by atoms with Crippen LogP contribution in [-0.4, -0.2) is 44.0 Å². The van der Waals surface area contributed by atoms with Gasteiger partial charge in [0.25, 0.3) is 5.92 Å². The Kier molecular flexibility index (Phi) is 4.06. The molecule has 13 heavy (non-hydrogen) atoms. The molecule has 4 heteroatoms. The zero-order chi connectivity index (χ0) is 9.73. The highest BCUT2D eigenvalue weighted by Gasteiger charge is 2.37. The Morgan fingerprint density at radius 3 is 2.69 bits per heavy atom. The molecule has 1 rings (SSSR count). The number of alkyl halides is 2. The highest BCUT2D eigenvalue weighted by atomic mass is 19.3. The monoisotopic (exact) mass is 192 g/mol. The number of hydrogen-bond acceptors (Lipinski definition) is 2. The van der Waals surface area contributed by atoms with Crippen molar-refractivity contribution in [2.24, 2.45) is 0 Å². The van der Waals surface area contributed by atoms with Crippen molar-refractivity contribution in [3.8, 4) is 0 Å². The fraction of sp³-hybridized carbons (Fsp3) is 1.00. The summed E-state index contributed by atoms with van der Waals surface area (Å²) in [5, 5.41) is 3.04. The minimum absolute atomic E-state index is 0.0352. The van der Waals surface area contributed by atoms with Gasteiger partial charge in [-0.2, -0.15) is 0 Å². The minimum atomic E-state index is -2.43. The third-order valence-corrected chi connectivity index (χ3v) is 2.40. The highest BCUT2D eigenvalue weighted by molar-refractivity contribution is 4.81. The fourth-order valence-electron chi connectivity index (χ4n) is 1.63. The molecule has 1 saturated heterocycles. The first kappa shape index (κ1) is 10.9. The van der Waals surface area contributed by atoms with Crippen LogP contribution >= 0.6 is 0 Å². The number of rotatable bonds is 5. The van der Waals surface area contributed by atoms with Crippen molar-refractivity contribution in [2.75, 3.05) is 33.2 Å². The van der Waals surface area contributed by atoms with E-state index in [0.29, 0.717) is 6.54 Å². The summed E-state index contributed by atoms with van der Waals surface area (Å²) in [7, 11) is 1.91. The summed E-state index contributed by atoms with van der Waals surface area (Å²) in [4.78, 5) is 1.86. The van der Waals surface area contributed by atoms with Crippen molar-refractivity contribution < 1.29 is 8.78 Å². The van der Waals surface area contributed by atoms with Crippen LogP contribution in [0, 0.1) is 0 Å². The maximum absolute atomic E-state index is 12.7. The number of halogens is 2. The van der Waals surface area contributed by atoms with E-state index in [-0.39, 0.29) is 13.0 Å². The van der Waals surface area contributed by atoms with Gasteiger partial charge in [-0.1, -0.05) is 0 Å². The van der Waals surface area contributed by atoms with E-state index in [1.807, 2.05) is 11.9 Å². The molecule has 2 nitrogen and oxygen atoms in total. The van der Waals surface area contributed by atoms with Crippen LogP contribution in [0.15, 0.2) is 0 Å². The molecular weight excluding hydrogens is 174 g/mol. The van der Waals surface area contributed by atoms with E-state index in [9.17, 15) is 8.78 Å². The average molecular weight is 192 g/mol. The molecule has 0 aromatic rings. The van der Waals surface area contributed by atoms with Crippen LogP contribution in [0.25, 0.3) is 0 Å². The van der Waals surface area contributed by atoms with Crippen molar-refractivity contribution in [3.63, 3.8) is 0 Å². The molecule has 0 bridgehead atoms. The van der Waals surface area contributed by atoms with Gasteiger partial charge in [0.2, 0.25) is 0 Å². The van der Waals surface area contributed by atoms with Crippen LogP contribution in [0.3, 0.4) is 0 Å². The summed E-state index contributed by atoms with van der Waals surface area (Å²) >= 11 is 0. The molecule has 0 aromatic carbocycles. The van der Waals surface area contributed by atoms with Gasteiger partial charge in [-0.15, -0.1) is 0 Å². The van der Waals surface area contributed by atoms with Gasteiger partial charge in [-0.25, -0.2) is 8.78 Å². The third kappa shape index (κ3) is 4.00. The predicted molar refractivity (Wildman–Crippen MR) is 49.2 cm³/mol. The zero-order valence-corrected chi connectivity index (χ0v) is 8.15. The standard InChI is InChI=1S/C9H18F2N2/c1-12-5-2-3-6-13-7-4-9(10,11)8-13/h12H,2-8H2,1H3. The molecule has 78 valence electrons. The number of likely N-dealkylation sites (tertiary alicyclic amines) is 1.